The number of benzene rings is 1. The molecule has 134 valence electrons. The minimum absolute atomic E-state index is 0.0710. The zero-order valence-corrected chi connectivity index (χ0v) is 13.8. The summed E-state index contributed by atoms with van der Waals surface area (Å²) in [7, 11) is 1.24. The van der Waals surface area contributed by atoms with Crippen molar-refractivity contribution < 1.29 is 23.4 Å². The molecule has 0 unspecified atom stereocenters. The summed E-state index contributed by atoms with van der Waals surface area (Å²) in [5.74, 6) is -1.74. The standard InChI is InChI=1S/C17H24F2N2O3/c1-24-15-10-12(18)14(9-13(15)19)21-16(23)20-11-17(7-8-22)5-3-2-4-6-17/h9-10,22H,2-8,11H2,1H3,(H2,20,21,23). The molecule has 1 aromatic rings. The van der Waals surface area contributed by atoms with Crippen LogP contribution in [0.15, 0.2) is 12.1 Å². The van der Waals surface area contributed by atoms with Crippen molar-refractivity contribution in [2.24, 2.45) is 5.41 Å². The molecule has 0 aliphatic heterocycles. The lowest BCUT2D eigenvalue weighted by Crippen LogP contribution is -2.41. The highest BCUT2D eigenvalue weighted by atomic mass is 19.1. The number of anilines is 1. The van der Waals surface area contributed by atoms with Gasteiger partial charge in [0.2, 0.25) is 0 Å². The van der Waals surface area contributed by atoms with E-state index in [-0.39, 0.29) is 23.5 Å². The van der Waals surface area contributed by atoms with Crippen LogP contribution in [0.1, 0.15) is 38.5 Å². The molecule has 1 aliphatic carbocycles. The number of methoxy groups -OCH3 is 1. The molecule has 0 aromatic heterocycles. The third-order valence-electron chi connectivity index (χ3n) is 4.67. The second-order valence-electron chi connectivity index (χ2n) is 6.31. The van der Waals surface area contributed by atoms with Gasteiger partial charge in [-0.1, -0.05) is 19.3 Å². The predicted molar refractivity (Wildman–Crippen MR) is 87.2 cm³/mol. The van der Waals surface area contributed by atoms with Crippen molar-refractivity contribution in [3.63, 3.8) is 0 Å². The number of carbonyl (C=O) groups is 1. The highest BCUT2D eigenvalue weighted by Crippen LogP contribution is 2.38. The average Bonchev–Trinajstić information content (AvgIpc) is 2.57. The summed E-state index contributed by atoms with van der Waals surface area (Å²) in [4.78, 5) is 12.0. The largest absolute Gasteiger partial charge is 0.494 e. The maximum Gasteiger partial charge on any atom is 0.319 e. The quantitative estimate of drug-likeness (QED) is 0.742. The van der Waals surface area contributed by atoms with Gasteiger partial charge in [0.05, 0.1) is 12.8 Å². The van der Waals surface area contributed by atoms with Crippen LogP contribution in [0, 0.1) is 17.0 Å². The number of carbonyl (C=O) groups excluding carboxylic acids is 1. The molecule has 2 rings (SSSR count). The summed E-state index contributed by atoms with van der Waals surface area (Å²) in [5, 5.41) is 14.3. The Labute approximate surface area is 140 Å². The molecule has 3 N–H and O–H groups in total. The monoisotopic (exact) mass is 342 g/mol. The highest BCUT2D eigenvalue weighted by Gasteiger charge is 2.31. The fourth-order valence-electron chi connectivity index (χ4n) is 3.27. The minimum Gasteiger partial charge on any atom is -0.494 e. The molecule has 0 radical (unpaired) electrons. The minimum atomic E-state index is -0.772. The van der Waals surface area contributed by atoms with Gasteiger partial charge in [-0.15, -0.1) is 0 Å². The van der Waals surface area contributed by atoms with Gasteiger partial charge in [-0.3, -0.25) is 0 Å². The van der Waals surface area contributed by atoms with Crippen molar-refractivity contribution in [1.82, 2.24) is 5.32 Å². The van der Waals surface area contributed by atoms with E-state index in [1.54, 1.807) is 0 Å². The molecule has 1 aromatic carbocycles. The molecule has 0 atom stereocenters. The Hall–Kier alpha value is -1.89. The number of ether oxygens (including phenoxy) is 1. The molecule has 0 heterocycles. The molecule has 1 saturated carbocycles. The topological polar surface area (TPSA) is 70.6 Å². The molecule has 24 heavy (non-hydrogen) atoms. The van der Waals surface area contributed by atoms with E-state index in [1.807, 2.05) is 0 Å². The number of hydrogen-bond donors (Lipinski definition) is 3. The van der Waals surface area contributed by atoms with Crippen LogP contribution in [0.3, 0.4) is 0 Å². The molecule has 0 saturated heterocycles. The summed E-state index contributed by atoms with van der Waals surface area (Å²) < 4.78 is 32.2. The third kappa shape index (κ3) is 4.56. The lowest BCUT2D eigenvalue weighted by molar-refractivity contribution is 0.128. The lowest BCUT2D eigenvalue weighted by atomic mass is 9.72. The summed E-state index contributed by atoms with van der Waals surface area (Å²) in [6.07, 6.45) is 5.82. The Bertz CT molecular complexity index is 570. The lowest BCUT2D eigenvalue weighted by Gasteiger charge is -2.37. The fourth-order valence-corrected chi connectivity index (χ4v) is 3.27. The first-order valence-corrected chi connectivity index (χ1v) is 8.18. The molecule has 5 nitrogen and oxygen atoms in total. The van der Waals surface area contributed by atoms with E-state index in [4.69, 9.17) is 0 Å². The zero-order chi connectivity index (χ0) is 17.6. The maximum absolute atomic E-state index is 13.8. The number of nitrogens with one attached hydrogen (secondary N) is 2. The molecule has 0 spiro atoms. The van der Waals surface area contributed by atoms with Gasteiger partial charge in [0, 0.05) is 25.3 Å². The fraction of sp³-hybridized carbons (Fsp3) is 0.588. The van der Waals surface area contributed by atoms with Crippen LogP contribution < -0.4 is 15.4 Å². The first-order valence-electron chi connectivity index (χ1n) is 8.18. The van der Waals surface area contributed by atoms with Crippen LogP contribution in [0.25, 0.3) is 0 Å². The van der Waals surface area contributed by atoms with Gasteiger partial charge >= 0.3 is 6.03 Å². The molecule has 0 bridgehead atoms. The van der Waals surface area contributed by atoms with Gasteiger partial charge in [-0.2, -0.15) is 0 Å². The number of halogens is 2. The predicted octanol–water partition coefficient (Wildman–Crippen LogP) is 3.43. The third-order valence-corrected chi connectivity index (χ3v) is 4.67. The first-order chi connectivity index (χ1) is 11.5. The van der Waals surface area contributed by atoms with Gasteiger partial charge in [-0.05, 0) is 24.7 Å². The summed E-state index contributed by atoms with van der Waals surface area (Å²) in [6, 6.07) is 1.18. The summed E-state index contributed by atoms with van der Waals surface area (Å²) in [6.45, 7) is 0.473. The smallest absolute Gasteiger partial charge is 0.319 e. The van der Waals surface area contributed by atoms with Crippen molar-refractivity contribution >= 4 is 11.7 Å². The second-order valence-corrected chi connectivity index (χ2v) is 6.31. The first kappa shape index (κ1) is 18.4. The van der Waals surface area contributed by atoms with Crippen LogP contribution >= 0.6 is 0 Å². The number of amides is 2. The Morgan fingerprint density at radius 2 is 1.96 bits per heavy atom. The average molecular weight is 342 g/mol. The van der Waals surface area contributed by atoms with Crippen molar-refractivity contribution in [3.05, 3.63) is 23.8 Å². The van der Waals surface area contributed by atoms with E-state index < -0.39 is 17.7 Å². The molecule has 7 heteroatoms. The van der Waals surface area contributed by atoms with E-state index in [0.29, 0.717) is 13.0 Å². The van der Waals surface area contributed by atoms with E-state index in [0.717, 1.165) is 44.2 Å². The number of hydrogen-bond acceptors (Lipinski definition) is 3. The Morgan fingerprint density at radius 3 is 2.58 bits per heavy atom. The number of aliphatic hydroxyl groups is 1. The van der Waals surface area contributed by atoms with Crippen LogP contribution in [-0.4, -0.2) is 31.4 Å². The van der Waals surface area contributed by atoms with E-state index in [1.165, 1.54) is 7.11 Å². The van der Waals surface area contributed by atoms with Crippen molar-refractivity contribution in [2.75, 3.05) is 25.6 Å². The summed E-state index contributed by atoms with van der Waals surface area (Å²) >= 11 is 0. The molecule has 2 amide bonds. The second kappa shape index (κ2) is 8.28. The maximum atomic E-state index is 13.8. The number of aliphatic hydroxyl groups excluding tert-OH is 1. The van der Waals surface area contributed by atoms with Crippen molar-refractivity contribution in [3.8, 4) is 5.75 Å². The SMILES string of the molecule is COc1cc(F)c(NC(=O)NCC2(CCO)CCCCC2)cc1F. The van der Waals surface area contributed by atoms with Gasteiger partial charge in [-0.25, -0.2) is 13.6 Å². The van der Waals surface area contributed by atoms with E-state index >= 15 is 0 Å². The van der Waals surface area contributed by atoms with Crippen LogP contribution in [0.2, 0.25) is 0 Å². The van der Waals surface area contributed by atoms with Gasteiger partial charge < -0.3 is 20.5 Å². The summed E-state index contributed by atoms with van der Waals surface area (Å²) in [5.41, 5.74) is -0.362. The number of rotatable bonds is 6. The van der Waals surface area contributed by atoms with Crippen LogP contribution in [0.5, 0.6) is 5.75 Å². The number of urea groups is 1. The Kier molecular flexibility index (Phi) is 6.36. The normalized spacial score (nSPS) is 16.5. The highest BCUT2D eigenvalue weighted by molar-refractivity contribution is 5.89. The van der Waals surface area contributed by atoms with Crippen LogP contribution in [0.4, 0.5) is 19.3 Å². The van der Waals surface area contributed by atoms with E-state index in [2.05, 4.69) is 15.4 Å². The Balaban J connectivity index is 1.96. The van der Waals surface area contributed by atoms with Gasteiger partial charge in [0.1, 0.15) is 0 Å². The van der Waals surface area contributed by atoms with Gasteiger partial charge in [0.15, 0.2) is 17.4 Å². The Morgan fingerprint density at radius 1 is 1.25 bits per heavy atom. The zero-order valence-electron chi connectivity index (χ0n) is 13.8. The molecule has 1 fully saturated rings. The molecular weight excluding hydrogens is 318 g/mol. The van der Waals surface area contributed by atoms with E-state index in [9.17, 15) is 18.7 Å². The van der Waals surface area contributed by atoms with Crippen molar-refractivity contribution in [1.29, 1.82) is 0 Å². The van der Waals surface area contributed by atoms with Crippen molar-refractivity contribution in [2.45, 2.75) is 38.5 Å². The molecular formula is C17H24F2N2O3. The van der Waals surface area contributed by atoms with Crippen LogP contribution in [-0.2, 0) is 0 Å². The molecule has 1 aliphatic rings. The van der Waals surface area contributed by atoms with Gasteiger partial charge in [0.25, 0.3) is 0 Å².